The van der Waals surface area contributed by atoms with Gasteiger partial charge in [-0.05, 0) is 43.3 Å². The summed E-state index contributed by atoms with van der Waals surface area (Å²) in [5.74, 6) is -0.446. The number of hydrogen-bond donors (Lipinski definition) is 1. The number of ketones is 2. The molecular formula is C21H20ClN3O3S. The molecule has 0 aliphatic carbocycles. The van der Waals surface area contributed by atoms with Gasteiger partial charge in [0, 0.05) is 48.0 Å². The summed E-state index contributed by atoms with van der Waals surface area (Å²) in [7, 11) is 0. The Labute approximate surface area is 177 Å². The van der Waals surface area contributed by atoms with Crippen LogP contribution < -0.4 is 5.32 Å². The average molecular weight is 430 g/mol. The van der Waals surface area contributed by atoms with Gasteiger partial charge in [-0.3, -0.25) is 14.4 Å². The smallest absolute Gasteiger partial charge is 0.224 e. The number of Topliss-reactive ketones (excluding diaryl/α,β-unsaturated/α-hetero) is 2. The quantitative estimate of drug-likeness (QED) is 0.493. The first-order valence-corrected chi connectivity index (χ1v) is 10.3. The van der Waals surface area contributed by atoms with Crippen molar-refractivity contribution >= 4 is 46.1 Å². The highest BCUT2D eigenvalue weighted by Gasteiger charge is 2.14. The summed E-state index contributed by atoms with van der Waals surface area (Å²) in [6.45, 7) is 1.93. The number of amides is 1. The Morgan fingerprint density at radius 3 is 2.59 bits per heavy atom. The fourth-order valence-electron chi connectivity index (χ4n) is 2.77. The van der Waals surface area contributed by atoms with Gasteiger partial charge in [-0.2, -0.15) is 5.10 Å². The maximum atomic E-state index is 12.3. The van der Waals surface area contributed by atoms with Crippen LogP contribution in [-0.2, 0) is 9.59 Å². The zero-order chi connectivity index (χ0) is 20.8. The Kier molecular flexibility index (Phi) is 6.95. The van der Waals surface area contributed by atoms with Crippen LogP contribution in [0, 0.1) is 6.92 Å². The molecule has 1 amide bonds. The van der Waals surface area contributed by atoms with Gasteiger partial charge in [-0.1, -0.05) is 11.6 Å². The van der Waals surface area contributed by atoms with Crippen LogP contribution in [-0.4, -0.2) is 27.3 Å². The highest BCUT2D eigenvalue weighted by atomic mass is 35.5. The monoisotopic (exact) mass is 429 g/mol. The van der Waals surface area contributed by atoms with Gasteiger partial charge in [-0.15, -0.1) is 11.3 Å². The summed E-state index contributed by atoms with van der Waals surface area (Å²) in [5.41, 5.74) is 1.19. The standard InChI is InChI=1S/C21H20ClN3O3S/c1-14-3-9-20(29-14)19(27)8-5-16(26)6-10-21(28)24-17-13-15(22)4-7-18(17)25-12-2-11-23-25/h2-4,7,9,11-13H,5-6,8,10H2,1H3,(H,24,28). The molecule has 0 radical (unpaired) electrons. The Morgan fingerprint density at radius 1 is 1.10 bits per heavy atom. The molecule has 0 saturated carbocycles. The molecule has 3 rings (SSSR count). The fourth-order valence-corrected chi connectivity index (χ4v) is 3.78. The minimum Gasteiger partial charge on any atom is -0.324 e. The molecule has 1 N–H and O–H groups in total. The average Bonchev–Trinajstić information content (AvgIpc) is 3.36. The van der Waals surface area contributed by atoms with E-state index in [0.29, 0.717) is 21.3 Å². The summed E-state index contributed by atoms with van der Waals surface area (Å²) >= 11 is 7.47. The number of carbonyl (C=O) groups excluding carboxylic acids is 3. The lowest BCUT2D eigenvalue weighted by Gasteiger charge is -2.11. The van der Waals surface area contributed by atoms with Crippen LogP contribution in [0.2, 0.25) is 5.02 Å². The third kappa shape index (κ3) is 5.85. The van der Waals surface area contributed by atoms with Gasteiger partial charge >= 0.3 is 0 Å². The van der Waals surface area contributed by atoms with Crippen molar-refractivity contribution in [2.45, 2.75) is 32.6 Å². The van der Waals surface area contributed by atoms with Crippen LogP contribution in [0.5, 0.6) is 0 Å². The van der Waals surface area contributed by atoms with Crippen molar-refractivity contribution in [2.24, 2.45) is 0 Å². The zero-order valence-electron chi connectivity index (χ0n) is 15.9. The molecule has 8 heteroatoms. The minimum atomic E-state index is -0.297. The SMILES string of the molecule is Cc1ccc(C(=O)CCC(=O)CCC(=O)Nc2cc(Cl)ccc2-n2cccn2)s1. The second kappa shape index (κ2) is 9.62. The molecule has 6 nitrogen and oxygen atoms in total. The second-order valence-corrected chi connectivity index (χ2v) is 8.26. The highest BCUT2D eigenvalue weighted by Crippen LogP contribution is 2.24. The van der Waals surface area contributed by atoms with E-state index in [1.165, 1.54) is 11.3 Å². The predicted molar refractivity (Wildman–Crippen MR) is 114 cm³/mol. The second-order valence-electron chi connectivity index (χ2n) is 6.53. The molecular weight excluding hydrogens is 410 g/mol. The summed E-state index contributed by atoms with van der Waals surface area (Å²) in [6, 6.07) is 10.6. The van der Waals surface area contributed by atoms with E-state index < -0.39 is 0 Å². The van der Waals surface area contributed by atoms with Crippen molar-refractivity contribution in [3.05, 3.63) is 63.6 Å². The number of aryl methyl sites for hydroxylation is 1. The molecule has 29 heavy (non-hydrogen) atoms. The van der Waals surface area contributed by atoms with Gasteiger partial charge in [0.15, 0.2) is 5.78 Å². The number of carbonyl (C=O) groups is 3. The molecule has 0 aliphatic rings. The lowest BCUT2D eigenvalue weighted by molar-refractivity contribution is -0.122. The molecule has 0 spiro atoms. The maximum Gasteiger partial charge on any atom is 0.224 e. The summed E-state index contributed by atoms with van der Waals surface area (Å²) < 4.78 is 1.62. The first-order chi connectivity index (χ1) is 13.9. The zero-order valence-corrected chi connectivity index (χ0v) is 17.4. The Morgan fingerprint density at radius 2 is 1.90 bits per heavy atom. The number of thiophene rings is 1. The molecule has 1 aromatic carbocycles. The van der Waals surface area contributed by atoms with Gasteiger partial charge in [0.05, 0.1) is 16.3 Å². The van der Waals surface area contributed by atoms with E-state index in [9.17, 15) is 14.4 Å². The lowest BCUT2D eigenvalue weighted by Crippen LogP contribution is -2.15. The van der Waals surface area contributed by atoms with Crippen molar-refractivity contribution in [1.82, 2.24) is 9.78 Å². The van der Waals surface area contributed by atoms with Gasteiger partial charge in [0.2, 0.25) is 5.91 Å². The molecule has 0 unspecified atom stereocenters. The maximum absolute atomic E-state index is 12.3. The first-order valence-electron chi connectivity index (χ1n) is 9.13. The normalized spacial score (nSPS) is 10.7. The van der Waals surface area contributed by atoms with E-state index in [4.69, 9.17) is 11.6 Å². The Bertz CT molecular complexity index is 1030. The molecule has 0 aliphatic heterocycles. The van der Waals surface area contributed by atoms with E-state index in [0.717, 1.165) is 4.88 Å². The van der Waals surface area contributed by atoms with Gasteiger partial charge in [-0.25, -0.2) is 4.68 Å². The van der Waals surface area contributed by atoms with Crippen molar-refractivity contribution in [3.63, 3.8) is 0 Å². The number of hydrogen-bond acceptors (Lipinski definition) is 5. The fraction of sp³-hybridized carbons (Fsp3) is 0.238. The van der Waals surface area contributed by atoms with Crippen LogP contribution in [0.15, 0.2) is 48.8 Å². The van der Waals surface area contributed by atoms with Gasteiger partial charge in [0.1, 0.15) is 5.78 Å². The molecule has 2 heterocycles. The topological polar surface area (TPSA) is 81.1 Å². The molecule has 2 aromatic heterocycles. The van der Waals surface area contributed by atoms with Crippen molar-refractivity contribution < 1.29 is 14.4 Å². The number of rotatable bonds is 9. The van der Waals surface area contributed by atoms with Crippen LogP contribution in [0.4, 0.5) is 5.69 Å². The van der Waals surface area contributed by atoms with E-state index in [1.807, 2.05) is 13.0 Å². The molecule has 0 saturated heterocycles. The first kappa shape index (κ1) is 21.0. The van der Waals surface area contributed by atoms with Crippen LogP contribution in [0.3, 0.4) is 0 Å². The third-order valence-corrected chi connectivity index (χ3v) is 5.54. The summed E-state index contributed by atoms with van der Waals surface area (Å²) in [4.78, 5) is 38.2. The van der Waals surface area contributed by atoms with Crippen molar-refractivity contribution in [1.29, 1.82) is 0 Å². The molecule has 150 valence electrons. The highest BCUT2D eigenvalue weighted by molar-refractivity contribution is 7.14. The number of benzene rings is 1. The lowest BCUT2D eigenvalue weighted by atomic mass is 10.1. The summed E-state index contributed by atoms with van der Waals surface area (Å²) in [5, 5.41) is 7.43. The predicted octanol–water partition coefficient (Wildman–Crippen LogP) is 4.85. The van der Waals surface area contributed by atoms with Crippen LogP contribution in [0.1, 0.15) is 40.2 Å². The van der Waals surface area contributed by atoms with Crippen molar-refractivity contribution in [3.8, 4) is 5.69 Å². The van der Waals surface area contributed by atoms with E-state index >= 15 is 0 Å². The van der Waals surface area contributed by atoms with Crippen LogP contribution >= 0.6 is 22.9 Å². The van der Waals surface area contributed by atoms with Crippen molar-refractivity contribution in [2.75, 3.05) is 5.32 Å². The molecule has 3 aromatic rings. The number of nitrogens with zero attached hydrogens (tertiary/aromatic N) is 2. The molecule has 0 bridgehead atoms. The van der Waals surface area contributed by atoms with E-state index in [-0.39, 0.29) is 43.2 Å². The van der Waals surface area contributed by atoms with E-state index in [2.05, 4.69) is 10.4 Å². The molecule has 0 atom stereocenters. The van der Waals surface area contributed by atoms with Crippen LogP contribution in [0.25, 0.3) is 5.69 Å². The van der Waals surface area contributed by atoms with Gasteiger partial charge < -0.3 is 5.32 Å². The Balaban J connectivity index is 1.50. The third-order valence-electron chi connectivity index (χ3n) is 4.26. The minimum absolute atomic E-state index is 0.0379. The number of aromatic nitrogens is 2. The number of anilines is 1. The van der Waals surface area contributed by atoms with E-state index in [1.54, 1.807) is 47.4 Å². The largest absolute Gasteiger partial charge is 0.324 e. The number of nitrogens with one attached hydrogen (secondary N) is 1. The van der Waals surface area contributed by atoms with Gasteiger partial charge in [0.25, 0.3) is 0 Å². The Hall–Kier alpha value is -2.77. The number of halogens is 1. The summed E-state index contributed by atoms with van der Waals surface area (Å²) in [6.07, 6.45) is 3.82. The molecule has 0 fully saturated rings.